The molecular formula is C13H14Cl2N2O2. The third kappa shape index (κ3) is 2.42. The van der Waals surface area contributed by atoms with Crippen molar-refractivity contribution in [2.75, 3.05) is 11.4 Å². The molecule has 1 aliphatic heterocycles. The Hall–Kier alpha value is -1.26. The third-order valence-electron chi connectivity index (χ3n) is 2.98. The standard InChI is InChI=1S/C13H14Cl2N2O2/c1-3-6-17-12-9(15)5-4-8(14)10(12)11(13(17)19)16-7(2)18/h4-5,11H,3,6H2,1-2H3,(H,16,18). The maximum absolute atomic E-state index is 12.4. The summed E-state index contributed by atoms with van der Waals surface area (Å²) in [7, 11) is 0. The molecule has 0 bridgehead atoms. The Morgan fingerprint density at radius 1 is 1.37 bits per heavy atom. The van der Waals surface area contributed by atoms with Crippen LogP contribution < -0.4 is 10.2 Å². The van der Waals surface area contributed by atoms with E-state index in [-0.39, 0.29) is 11.8 Å². The van der Waals surface area contributed by atoms with E-state index in [1.54, 1.807) is 17.0 Å². The van der Waals surface area contributed by atoms with E-state index in [9.17, 15) is 9.59 Å². The Morgan fingerprint density at radius 2 is 2.00 bits per heavy atom. The van der Waals surface area contributed by atoms with Crippen molar-refractivity contribution in [3.8, 4) is 0 Å². The van der Waals surface area contributed by atoms with Crippen LogP contribution in [0.25, 0.3) is 0 Å². The second kappa shape index (κ2) is 5.39. The summed E-state index contributed by atoms with van der Waals surface area (Å²) in [4.78, 5) is 25.2. The van der Waals surface area contributed by atoms with Crippen molar-refractivity contribution < 1.29 is 9.59 Å². The number of benzene rings is 1. The highest BCUT2D eigenvalue weighted by Crippen LogP contribution is 2.44. The summed E-state index contributed by atoms with van der Waals surface area (Å²) in [5.74, 6) is -0.472. The van der Waals surface area contributed by atoms with Gasteiger partial charge in [0, 0.05) is 24.1 Å². The molecule has 2 amide bonds. The van der Waals surface area contributed by atoms with E-state index < -0.39 is 6.04 Å². The fourth-order valence-electron chi connectivity index (χ4n) is 2.28. The van der Waals surface area contributed by atoms with E-state index in [0.29, 0.717) is 27.8 Å². The second-order valence-corrected chi connectivity index (χ2v) is 5.23. The van der Waals surface area contributed by atoms with Gasteiger partial charge in [-0.25, -0.2) is 0 Å². The van der Waals surface area contributed by atoms with Crippen LogP contribution in [0.5, 0.6) is 0 Å². The van der Waals surface area contributed by atoms with E-state index in [1.807, 2.05) is 6.92 Å². The molecule has 1 N–H and O–H groups in total. The van der Waals surface area contributed by atoms with Crippen molar-refractivity contribution in [1.82, 2.24) is 5.32 Å². The van der Waals surface area contributed by atoms with E-state index in [2.05, 4.69) is 5.32 Å². The van der Waals surface area contributed by atoms with E-state index >= 15 is 0 Å². The SMILES string of the molecule is CCCN1C(=O)C(NC(C)=O)c2c(Cl)ccc(Cl)c21. The normalized spacial score (nSPS) is 17.6. The number of anilines is 1. The van der Waals surface area contributed by atoms with E-state index in [1.165, 1.54) is 6.92 Å². The number of nitrogens with zero attached hydrogens (tertiary/aromatic N) is 1. The molecule has 0 fully saturated rings. The minimum atomic E-state index is -0.745. The molecule has 1 aromatic carbocycles. The lowest BCUT2D eigenvalue weighted by molar-refractivity contribution is -0.126. The van der Waals surface area contributed by atoms with Gasteiger partial charge in [0.15, 0.2) is 0 Å². The summed E-state index contributed by atoms with van der Waals surface area (Å²) in [6, 6.07) is 2.56. The number of nitrogens with one attached hydrogen (secondary N) is 1. The summed E-state index contributed by atoms with van der Waals surface area (Å²) in [6.45, 7) is 3.88. The van der Waals surface area contributed by atoms with Gasteiger partial charge in [0.1, 0.15) is 6.04 Å². The predicted molar refractivity (Wildman–Crippen MR) is 75.7 cm³/mol. The molecule has 0 aromatic heterocycles. The van der Waals surface area contributed by atoms with Gasteiger partial charge in [0.25, 0.3) is 5.91 Å². The number of rotatable bonds is 3. The number of hydrogen-bond acceptors (Lipinski definition) is 2. The molecule has 1 heterocycles. The summed E-state index contributed by atoms with van der Waals surface area (Å²) >= 11 is 12.3. The lowest BCUT2D eigenvalue weighted by Gasteiger charge is -2.17. The average molecular weight is 301 g/mol. The molecule has 1 atom stereocenters. The van der Waals surface area contributed by atoms with Gasteiger partial charge in [-0.2, -0.15) is 0 Å². The summed E-state index contributed by atoms with van der Waals surface area (Å²) in [5.41, 5.74) is 1.20. The first kappa shape index (κ1) is 14.2. The first-order chi connectivity index (χ1) is 8.97. The van der Waals surface area contributed by atoms with Crippen LogP contribution in [-0.4, -0.2) is 18.4 Å². The second-order valence-electron chi connectivity index (χ2n) is 4.41. The van der Waals surface area contributed by atoms with Gasteiger partial charge in [0.2, 0.25) is 5.91 Å². The van der Waals surface area contributed by atoms with Crippen molar-refractivity contribution in [3.63, 3.8) is 0 Å². The highest BCUT2D eigenvalue weighted by atomic mass is 35.5. The van der Waals surface area contributed by atoms with Crippen LogP contribution in [0.2, 0.25) is 10.0 Å². The summed E-state index contributed by atoms with van der Waals surface area (Å²) in [6.07, 6.45) is 0.792. The molecule has 1 aliphatic rings. The Kier molecular flexibility index (Phi) is 4.02. The van der Waals surface area contributed by atoms with Gasteiger partial charge in [-0.05, 0) is 18.6 Å². The smallest absolute Gasteiger partial charge is 0.254 e. The fraction of sp³-hybridized carbons (Fsp3) is 0.385. The Bertz CT molecular complexity index is 546. The van der Waals surface area contributed by atoms with E-state index in [0.717, 1.165) is 6.42 Å². The van der Waals surface area contributed by atoms with Gasteiger partial charge in [-0.3, -0.25) is 9.59 Å². The molecule has 1 unspecified atom stereocenters. The van der Waals surface area contributed by atoms with Gasteiger partial charge in [0.05, 0.1) is 10.7 Å². The molecule has 0 saturated carbocycles. The van der Waals surface area contributed by atoms with Crippen LogP contribution in [0.1, 0.15) is 31.9 Å². The Balaban J connectivity index is 2.56. The molecule has 0 saturated heterocycles. The quantitative estimate of drug-likeness (QED) is 0.933. The number of fused-ring (bicyclic) bond motifs is 1. The predicted octanol–water partition coefficient (Wildman–Crippen LogP) is 2.93. The molecule has 102 valence electrons. The molecule has 0 aliphatic carbocycles. The van der Waals surface area contributed by atoms with Crippen molar-refractivity contribution in [2.24, 2.45) is 0 Å². The zero-order chi connectivity index (χ0) is 14.2. The molecule has 2 rings (SSSR count). The van der Waals surface area contributed by atoms with Gasteiger partial charge < -0.3 is 10.2 Å². The van der Waals surface area contributed by atoms with Crippen LogP contribution in [0, 0.1) is 0 Å². The Labute approximate surface area is 121 Å². The van der Waals surface area contributed by atoms with Crippen LogP contribution in [0.4, 0.5) is 5.69 Å². The molecule has 19 heavy (non-hydrogen) atoms. The minimum absolute atomic E-state index is 0.193. The van der Waals surface area contributed by atoms with Gasteiger partial charge in [-0.15, -0.1) is 0 Å². The number of amides is 2. The number of carbonyl (C=O) groups excluding carboxylic acids is 2. The van der Waals surface area contributed by atoms with Gasteiger partial charge >= 0.3 is 0 Å². The fourth-order valence-corrected chi connectivity index (χ4v) is 2.81. The molecular weight excluding hydrogens is 287 g/mol. The highest BCUT2D eigenvalue weighted by Gasteiger charge is 2.40. The maximum atomic E-state index is 12.4. The number of carbonyl (C=O) groups is 2. The number of hydrogen-bond donors (Lipinski definition) is 1. The van der Waals surface area contributed by atoms with Crippen molar-refractivity contribution in [1.29, 1.82) is 0 Å². The first-order valence-electron chi connectivity index (χ1n) is 6.03. The van der Waals surface area contributed by atoms with Crippen molar-refractivity contribution in [2.45, 2.75) is 26.3 Å². The number of halogens is 2. The Morgan fingerprint density at radius 3 is 2.58 bits per heavy atom. The van der Waals surface area contributed by atoms with E-state index in [4.69, 9.17) is 23.2 Å². The molecule has 0 radical (unpaired) electrons. The van der Waals surface area contributed by atoms with Crippen LogP contribution in [0.3, 0.4) is 0 Å². The topological polar surface area (TPSA) is 49.4 Å². The monoisotopic (exact) mass is 300 g/mol. The molecule has 6 heteroatoms. The van der Waals surface area contributed by atoms with Crippen LogP contribution >= 0.6 is 23.2 Å². The average Bonchev–Trinajstić information content (AvgIpc) is 2.60. The highest BCUT2D eigenvalue weighted by molar-refractivity contribution is 6.38. The van der Waals surface area contributed by atoms with Crippen molar-refractivity contribution in [3.05, 3.63) is 27.7 Å². The first-order valence-corrected chi connectivity index (χ1v) is 6.79. The summed E-state index contributed by atoms with van der Waals surface area (Å²) in [5, 5.41) is 3.53. The minimum Gasteiger partial charge on any atom is -0.341 e. The van der Waals surface area contributed by atoms with Crippen LogP contribution in [-0.2, 0) is 9.59 Å². The summed E-state index contributed by atoms with van der Waals surface area (Å²) < 4.78 is 0. The lowest BCUT2D eigenvalue weighted by Crippen LogP contribution is -2.37. The molecule has 4 nitrogen and oxygen atoms in total. The third-order valence-corrected chi connectivity index (χ3v) is 3.62. The van der Waals surface area contributed by atoms with Crippen LogP contribution in [0.15, 0.2) is 12.1 Å². The van der Waals surface area contributed by atoms with Gasteiger partial charge in [-0.1, -0.05) is 30.1 Å². The largest absolute Gasteiger partial charge is 0.341 e. The zero-order valence-electron chi connectivity index (χ0n) is 10.7. The van der Waals surface area contributed by atoms with Crippen molar-refractivity contribution >= 4 is 40.7 Å². The molecule has 0 spiro atoms. The molecule has 1 aromatic rings. The lowest BCUT2D eigenvalue weighted by atomic mass is 10.1. The maximum Gasteiger partial charge on any atom is 0.254 e. The zero-order valence-corrected chi connectivity index (χ0v) is 12.2.